The van der Waals surface area contributed by atoms with Crippen molar-refractivity contribution in [2.24, 2.45) is 0 Å². The van der Waals surface area contributed by atoms with Crippen molar-refractivity contribution >= 4 is 32.1 Å². The van der Waals surface area contributed by atoms with Gasteiger partial charge in [-0.2, -0.15) is 8.42 Å². The minimum atomic E-state index is -4.36. The molecule has 10 heteroatoms. The Balaban J connectivity index is 1.67. The van der Waals surface area contributed by atoms with E-state index in [1.807, 2.05) is 6.92 Å². The van der Waals surface area contributed by atoms with Crippen LogP contribution in [-0.4, -0.2) is 15.5 Å². The van der Waals surface area contributed by atoms with Gasteiger partial charge in [0.1, 0.15) is 27.6 Å². The van der Waals surface area contributed by atoms with Gasteiger partial charge in [0.05, 0.1) is 12.5 Å². The largest absolute Gasteiger partial charge is 0.497 e. The van der Waals surface area contributed by atoms with Crippen LogP contribution in [0.1, 0.15) is 5.56 Å². The Morgan fingerprint density at radius 1 is 0.750 bits per heavy atom. The highest BCUT2D eigenvalue weighted by atomic mass is 32.2. The van der Waals surface area contributed by atoms with E-state index in [9.17, 15) is 18.0 Å². The van der Waals surface area contributed by atoms with E-state index in [2.05, 4.69) is 0 Å². The molecular formula is C26H18O9S. The first-order valence-corrected chi connectivity index (χ1v) is 12.0. The van der Waals surface area contributed by atoms with Crippen LogP contribution in [0.2, 0.25) is 0 Å². The molecule has 0 saturated heterocycles. The molecule has 9 nitrogen and oxygen atoms in total. The zero-order chi connectivity index (χ0) is 25.4. The number of fused-ring (bicyclic) bond motifs is 2. The Morgan fingerprint density at radius 2 is 1.44 bits per heavy atom. The van der Waals surface area contributed by atoms with Gasteiger partial charge in [0.25, 0.3) is 5.75 Å². The van der Waals surface area contributed by atoms with Crippen molar-refractivity contribution in [2.75, 3.05) is 7.11 Å². The van der Waals surface area contributed by atoms with Crippen LogP contribution in [0.25, 0.3) is 21.9 Å². The minimum Gasteiger partial charge on any atom is -0.497 e. The van der Waals surface area contributed by atoms with E-state index in [0.717, 1.165) is 5.56 Å². The average Bonchev–Trinajstić information content (AvgIpc) is 2.85. The third-order valence-corrected chi connectivity index (χ3v) is 6.58. The molecule has 0 atom stereocenters. The number of hydrogen-bond acceptors (Lipinski definition) is 9. The second kappa shape index (κ2) is 8.90. The molecule has 0 aliphatic heterocycles. The summed E-state index contributed by atoms with van der Waals surface area (Å²) in [6.07, 6.45) is 0. The lowest BCUT2D eigenvalue weighted by Crippen LogP contribution is -2.14. The normalized spacial score (nSPS) is 11.5. The van der Waals surface area contributed by atoms with Gasteiger partial charge in [-0.25, -0.2) is 9.59 Å². The fourth-order valence-electron chi connectivity index (χ4n) is 3.52. The first-order valence-electron chi connectivity index (χ1n) is 10.6. The van der Waals surface area contributed by atoms with E-state index < -0.39 is 27.1 Å². The lowest BCUT2D eigenvalue weighted by atomic mass is 10.2. The minimum absolute atomic E-state index is 0.0327. The Labute approximate surface area is 204 Å². The molecular weight excluding hydrogens is 488 g/mol. The van der Waals surface area contributed by atoms with Gasteiger partial charge in [-0.15, -0.1) is 0 Å². The van der Waals surface area contributed by atoms with E-state index in [1.165, 1.54) is 49.6 Å². The predicted octanol–water partition coefficient (Wildman–Crippen LogP) is 4.78. The van der Waals surface area contributed by atoms with Crippen molar-refractivity contribution < 1.29 is 30.9 Å². The van der Waals surface area contributed by atoms with Gasteiger partial charge in [0.15, 0.2) is 0 Å². The van der Waals surface area contributed by atoms with Crippen LogP contribution in [0.4, 0.5) is 0 Å². The third kappa shape index (κ3) is 4.41. The molecule has 0 fully saturated rings. The Morgan fingerprint density at radius 3 is 2.19 bits per heavy atom. The zero-order valence-corrected chi connectivity index (χ0v) is 19.8. The molecule has 36 heavy (non-hydrogen) atoms. The van der Waals surface area contributed by atoms with E-state index >= 15 is 0 Å². The van der Waals surface area contributed by atoms with Crippen molar-refractivity contribution in [1.29, 1.82) is 0 Å². The molecule has 0 bridgehead atoms. The second-order valence-corrected chi connectivity index (χ2v) is 9.36. The molecule has 2 heterocycles. The van der Waals surface area contributed by atoms with Crippen LogP contribution in [0.3, 0.4) is 0 Å². The van der Waals surface area contributed by atoms with Crippen molar-refractivity contribution in [2.45, 2.75) is 11.8 Å². The molecule has 182 valence electrons. The highest BCUT2D eigenvalue weighted by Gasteiger charge is 2.26. The smallest absolute Gasteiger partial charge is 0.383 e. The quantitative estimate of drug-likeness (QED) is 0.237. The van der Waals surface area contributed by atoms with Crippen molar-refractivity contribution in [1.82, 2.24) is 0 Å². The number of aryl methyl sites for hydroxylation is 1. The number of ether oxygens (including phenoxy) is 2. The first kappa shape index (κ1) is 23.2. The lowest BCUT2D eigenvalue weighted by molar-refractivity contribution is 0.402. The monoisotopic (exact) mass is 506 g/mol. The standard InChI is InChI=1S/C26H18O9S/c1-15-3-9-19(10-4-15)36(29,30)35-24-20-11-8-17(31-2)13-22(20)34-26(28)25(24)32-18-7-5-16-6-12-23(27)33-21(16)14-18/h3-14H,1-2H3. The summed E-state index contributed by atoms with van der Waals surface area (Å²) < 4.78 is 53.2. The first-order chi connectivity index (χ1) is 17.2. The van der Waals surface area contributed by atoms with Gasteiger partial charge in [-0.3, -0.25) is 0 Å². The van der Waals surface area contributed by atoms with Crippen LogP contribution in [0, 0.1) is 6.92 Å². The topological polar surface area (TPSA) is 122 Å². The molecule has 0 aliphatic rings. The lowest BCUT2D eigenvalue weighted by Gasteiger charge is -2.14. The summed E-state index contributed by atoms with van der Waals surface area (Å²) in [7, 11) is -2.92. The van der Waals surface area contributed by atoms with Crippen LogP contribution >= 0.6 is 0 Å². The van der Waals surface area contributed by atoms with E-state index in [-0.39, 0.29) is 32.9 Å². The molecule has 3 aromatic carbocycles. The summed E-state index contributed by atoms with van der Waals surface area (Å²) >= 11 is 0. The second-order valence-electron chi connectivity index (χ2n) is 7.82. The maximum absolute atomic E-state index is 13.1. The van der Waals surface area contributed by atoms with Gasteiger partial charge in [-0.05, 0) is 49.4 Å². The third-order valence-electron chi connectivity index (χ3n) is 5.34. The van der Waals surface area contributed by atoms with Crippen LogP contribution in [0.15, 0.2) is 96.1 Å². The maximum Gasteiger partial charge on any atom is 0.383 e. The molecule has 0 spiro atoms. The number of benzene rings is 3. The molecule has 5 aromatic rings. The van der Waals surface area contributed by atoms with E-state index in [1.54, 1.807) is 30.3 Å². The average molecular weight is 506 g/mol. The number of rotatable bonds is 6. The molecule has 0 radical (unpaired) electrons. The van der Waals surface area contributed by atoms with Crippen LogP contribution in [0.5, 0.6) is 23.0 Å². The Kier molecular flexibility index (Phi) is 5.73. The SMILES string of the molecule is COc1ccc2c(OS(=O)(=O)c3ccc(C)cc3)c(Oc3ccc4ccc(=O)oc4c3)c(=O)oc2c1. The van der Waals surface area contributed by atoms with E-state index in [4.69, 9.17) is 22.5 Å². The summed E-state index contributed by atoms with van der Waals surface area (Å²) in [4.78, 5) is 24.5. The molecule has 0 N–H and O–H groups in total. The summed E-state index contributed by atoms with van der Waals surface area (Å²) in [6.45, 7) is 1.82. The zero-order valence-electron chi connectivity index (χ0n) is 19.0. The molecule has 0 amide bonds. The van der Waals surface area contributed by atoms with Crippen LogP contribution in [-0.2, 0) is 10.1 Å². The summed E-state index contributed by atoms with van der Waals surface area (Å²) in [5.41, 5.74) is -0.444. The van der Waals surface area contributed by atoms with Gasteiger partial charge in [-0.1, -0.05) is 17.7 Å². The predicted molar refractivity (Wildman–Crippen MR) is 131 cm³/mol. The molecule has 0 unspecified atom stereocenters. The highest BCUT2D eigenvalue weighted by molar-refractivity contribution is 7.87. The van der Waals surface area contributed by atoms with Crippen molar-refractivity contribution in [3.05, 3.63) is 99.2 Å². The Hall–Kier alpha value is -4.57. The van der Waals surface area contributed by atoms with Gasteiger partial charge in [0.2, 0.25) is 5.75 Å². The molecule has 2 aromatic heterocycles. The molecule has 5 rings (SSSR count). The highest BCUT2D eigenvalue weighted by Crippen LogP contribution is 2.39. The van der Waals surface area contributed by atoms with Gasteiger partial charge >= 0.3 is 21.4 Å². The summed E-state index contributed by atoms with van der Waals surface area (Å²) in [6, 6.07) is 17.9. The molecule has 0 aliphatic carbocycles. The van der Waals surface area contributed by atoms with Gasteiger partial charge in [0, 0.05) is 23.6 Å². The fourth-order valence-corrected chi connectivity index (χ4v) is 4.47. The van der Waals surface area contributed by atoms with Crippen molar-refractivity contribution in [3.63, 3.8) is 0 Å². The number of methoxy groups -OCH3 is 1. The van der Waals surface area contributed by atoms with Crippen LogP contribution < -0.4 is 24.9 Å². The van der Waals surface area contributed by atoms with Gasteiger partial charge < -0.3 is 22.5 Å². The summed E-state index contributed by atoms with van der Waals surface area (Å²) in [5, 5.41) is 0.784. The fraction of sp³-hybridized carbons (Fsp3) is 0.0769. The van der Waals surface area contributed by atoms with Crippen molar-refractivity contribution in [3.8, 4) is 23.0 Å². The maximum atomic E-state index is 13.1. The number of hydrogen-bond donors (Lipinski definition) is 0. The molecule has 0 saturated carbocycles. The Bertz CT molecular complexity index is 1830. The summed E-state index contributed by atoms with van der Waals surface area (Å²) in [5.74, 6) is -0.383. The van der Waals surface area contributed by atoms with E-state index in [0.29, 0.717) is 11.1 Å².